The second kappa shape index (κ2) is 7.67. The summed E-state index contributed by atoms with van der Waals surface area (Å²) in [6, 6.07) is 9.21. The van der Waals surface area contributed by atoms with E-state index in [1.54, 1.807) is 12.4 Å². The Labute approximate surface area is 162 Å². The maximum Gasteiger partial charge on any atom is 0.321 e. The van der Waals surface area contributed by atoms with E-state index in [-0.39, 0.29) is 17.9 Å². The molecule has 144 valence electrons. The zero-order chi connectivity index (χ0) is 19.5. The van der Waals surface area contributed by atoms with Crippen LogP contribution in [0.2, 0.25) is 0 Å². The molecule has 0 spiro atoms. The molecule has 4 rings (SSSR count). The van der Waals surface area contributed by atoms with Crippen LogP contribution in [0.1, 0.15) is 30.2 Å². The van der Waals surface area contributed by atoms with Gasteiger partial charge in [-0.3, -0.25) is 0 Å². The third-order valence-corrected chi connectivity index (χ3v) is 4.80. The molecule has 2 amide bonds. The number of hydrogen-bond acceptors (Lipinski definition) is 6. The summed E-state index contributed by atoms with van der Waals surface area (Å²) in [7, 11) is 0. The summed E-state index contributed by atoms with van der Waals surface area (Å²) in [5.74, 6) is 1.70. The zero-order valence-electron chi connectivity index (χ0n) is 15.6. The molecule has 1 fully saturated rings. The van der Waals surface area contributed by atoms with Gasteiger partial charge in [-0.2, -0.15) is 0 Å². The van der Waals surface area contributed by atoms with Gasteiger partial charge in [0.1, 0.15) is 5.76 Å². The number of carbonyl (C=O) groups is 1. The van der Waals surface area contributed by atoms with E-state index in [2.05, 4.69) is 20.3 Å². The van der Waals surface area contributed by atoms with Crippen LogP contribution in [0.15, 0.2) is 47.1 Å². The van der Waals surface area contributed by atoms with Crippen LogP contribution in [-0.4, -0.2) is 39.0 Å². The van der Waals surface area contributed by atoms with Crippen LogP contribution in [0.5, 0.6) is 0 Å². The van der Waals surface area contributed by atoms with E-state index < -0.39 is 0 Å². The van der Waals surface area contributed by atoms with E-state index in [4.69, 9.17) is 10.2 Å². The number of nitrogens with one attached hydrogen (secondary N) is 1. The van der Waals surface area contributed by atoms with Crippen LogP contribution in [0, 0.1) is 6.92 Å². The summed E-state index contributed by atoms with van der Waals surface area (Å²) >= 11 is 0. The van der Waals surface area contributed by atoms with Gasteiger partial charge in [0.15, 0.2) is 0 Å². The van der Waals surface area contributed by atoms with E-state index in [0.29, 0.717) is 24.7 Å². The fourth-order valence-electron chi connectivity index (χ4n) is 3.44. The number of nitrogen functional groups attached to an aromatic ring is 1. The van der Waals surface area contributed by atoms with Gasteiger partial charge in [-0.15, -0.1) is 0 Å². The van der Waals surface area contributed by atoms with Crippen molar-refractivity contribution in [2.75, 3.05) is 24.1 Å². The Kier molecular flexibility index (Phi) is 4.92. The van der Waals surface area contributed by atoms with Crippen molar-refractivity contribution in [3.63, 3.8) is 0 Å². The van der Waals surface area contributed by atoms with Gasteiger partial charge in [-0.25, -0.2) is 19.7 Å². The quantitative estimate of drug-likeness (QED) is 0.722. The monoisotopic (exact) mass is 378 g/mol. The van der Waals surface area contributed by atoms with Crippen molar-refractivity contribution >= 4 is 17.7 Å². The van der Waals surface area contributed by atoms with Crippen molar-refractivity contribution < 1.29 is 9.21 Å². The van der Waals surface area contributed by atoms with Gasteiger partial charge in [0.05, 0.1) is 11.9 Å². The molecule has 28 heavy (non-hydrogen) atoms. The van der Waals surface area contributed by atoms with Crippen molar-refractivity contribution in [2.24, 2.45) is 0 Å². The Morgan fingerprint density at radius 3 is 3.00 bits per heavy atom. The maximum atomic E-state index is 12.8. The van der Waals surface area contributed by atoms with Crippen LogP contribution < -0.4 is 11.1 Å². The summed E-state index contributed by atoms with van der Waals surface area (Å²) in [6.07, 6.45) is 5.22. The molecule has 3 heterocycles. The summed E-state index contributed by atoms with van der Waals surface area (Å²) < 4.78 is 5.56. The first-order chi connectivity index (χ1) is 13.6. The maximum absolute atomic E-state index is 12.8. The SMILES string of the molecule is Cc1cnc(-c2cccc(NC(=O)N3CCCC(c4ccnc(N)n4)C3)c2)o1. The number of hydrogen-bond donors (Lipinski definition) is 2. The van der Waals surface area contributed by atoms with E-state index in [1.165, 1.54) is 0 Å². The second-order valence-electron chi connectivity index (χ2n) is 6.91. The van der Waals surface area contributed by atoms with Crippen molar-refractivity contribution in [1.29, 1.82) is 0 Å². The number of oxazole rings is 1. The molecular weight excluding hydrogens is 356 g/mol. The third kappa shape index (κ3) is 3.95. The minimum Gasteiger partial charge on any atom is -0.441 e. The van der Waals surface area contributed by atoms with Gasteiger partial charge in [0.2, 0.25) is 11.8 Å². The van der Waals surface area contributed by atoms with Crippen LogP contribution in [0.3, 0.4) is 0 Å². The number of nitrogens with zero attached hydrogens (tertiary/aromatic N) is 4. The van der Waals surface area contributed by atoms with Crippen molar-refractivity contribution in [3.05, 3.63) is 54.2 Å². The molecule has 0 saturated carbocycles. The molecule has 8 heteroatoms. The summed E-state index contributed by atoms with van der Waals surface area (Å²) in [5.41, 5.74) is 8.10. The van der Waals surface area contributed by atoms with Crippen molar-refractivity contribution in [2.45, 2.75) is 25.7 Å². The van der Waals surface area contributed by atoms with Crippen LogP contribution >= 0.6 is 0 Å². The average molecular weight is 378 g/mol. The number of piperidine rings is 1. The number of likely N-dealkylation sites (tertiary alicyclic amines) is 1. The first-order valence-electron chi connectivity index (χ1n) is 9.26. The minimum atomic E-state index is -0.132. The lowest BCUT2D eigenvalue weighted by atomic mass is 9.95. The lowest BCUT2D eigenvalue weighted by Gasteiger charge is -2.32. The van der Waals surface area contributed by atoms with Crippen molar-refractivity contribution in [1.82, 2.24) is 19.9 Å². The Morgan fingerprint density at radius 2 is 2.21 bits per heavy atom. The number of urea groups is 1. The largest absolute Gasteiger partial charge is 0.441 e. The fraction of sp³-hybridized carbons (Fsp3) is 0.300. The molecule has 0 radical (unpaired) electrons. The fourth-order valence-corrected chi connectivity index (χ4v) is 3.44. The normalized spacial score (nSPS) is 16.8. The van der Waals surface area contributed by atoms with Gasteiger partial charge in [0, 0.05) is 36.5 Å². The zero-order valence-corrected chi connectivity index (χ0v) is 15.6. The highest BCUT2D eigenvalue weighted by Gasteiger charge is 2.26. The Bertz CT molecular complexity index is 986. The molecule has 0 bridgehead atoms. The van der Waals surface area contributed by atoms with Gasteiger partial charge < -0.3 is 20.4 Å². The highest BCUT2D eigenvalue weighted by atomic mass is 16.4. The van der Waals surface area contributed by atoms with Gasteiger partial charge >= 0.3 is 6.03 Å². The highest BCUT2D eigenvalue weighted by molar-refractivity contribution is 5.90. The van der Waals surface area contributed by atoms with Gasteiger partial charge in [0.25, 0.3) is 0 Å². The standard InChI is InChI=1S/C20H22N6O2/c1-13-11-23-18(28-13)14-4-2-6-16(10-14)24-20(27)26-9-3-5-15(12-26)17-7-8-22-19(21)25-17/h2,4,6-8,10-11,15H,3,5,9,12H2,1H3,(H,24,27)(H2,21,22,25). The second-order valence-corrected chi connectivity index (χ2v) is 6.91. The summed E-state index contributed by atoms with van der Waals surface area (Å²) in [4.78, 5) is 27.1. The first-order valence-corrected chi connectivity index (χ1v) is 9.26. The number of aromatic nitrogens is 3. The lowest BCUT2D eigenvalue weighted by molar-refractivity contribution is 0.192. The van der Waals surface area contributed by atoms with E-state index in [1.807, 2.05) is 42.2 Å². The average Bonchev–Trinajstić information content (AvgIpc) is 3.15. The number of anilines is 2. The summed E-state index contributed by atoms with van der Waals surface area (Å²) in [6.45, 7) is 3.16. The topological polar surface area (TPSA) is 110 Å². The van der Waals surface area contributed by atoms with Crippen LogP contribution in [-0.2, 0) is 0 Å². The molecular formula is C20H22N6O2. The molecule has 3 N–H and O–H groups in total. The molecule has 1 atom stereocenters. The van der Waals surface area contributed by atoms with E-state index >= 15 is 0 Å². The Morgan fingerprint density at radius 1 is 1.32 bits per heavy atom. The van der Waals surface area contributed by atoms with E-state index in [0.717, 1.165) is 29.9 Å². The van der Waals surface area contributed by atoms with Crippen LogP contribution in [0.4, 0.5) is 16.4 Å². The molecule has 2 aromatic heterocycles. The molecule has 1 aromatic carbocycles. The molecule has 1 unspecified atom stereocenters. The lowest BCUT2D eigenvalue weighted by Crippen LogP contribution is -2.41. The number of nitrogens with two attached hydrogens (primary N) is 1. The number of amides is 2. The minimum absolute atomic E-state index is 0.132. The number of carbonyl (C=O) groups excluding carboxylic acids is 1. The Balaban J connectivity index is 1.45. The molecule has 1 saturated heterocycles. The predicted molar refractivity (Wildman–Crippen MR) is 106 cm³/mol. The predicted octanol–water partition coefficient (Wildman–Crippen LogP) is 3.43. The number of rotatable bonds is 3. The molecule has 0 aliphatic carbocycles. The Hall–Kier alpha value is -3.42. The molecule has 8 nitrogen and oxygen atoms in total. The first kappa shape index (κ1) is 18.0. The number of aryl methyl sites for hydroxylation is 1. The molecule has 3 aromatic rings. The van der Waals surface area contributed by atoms with Crippen molar-refractivity contribution in [3.8, 4) is 11.5 Å². The van der Waals surface area contributed by atoms with Gasteiger partial charge in [-0.1, -0.05) is 6.07 Å². The highest BCUT2D eigenvalue weighted by Crippen LogP contribution is 2.27. The summed E-state index contributed by atoms with van der Waals surface area (Å²) in [5, 5.41) is 2.97. The molecule has 1 aliphatic rings. The number of benzene rings is 1. The smallest absolute Gasteiger partial charge is 0.321 e. The van der Waals surface area contributed by atoms with Gasteiger partial charge in [-0.05, 0) is 44.0 Å². The van der Waals surface area contributed by atoms with E-state index in [9.17, 15) is 4.79 Å². The third-order valence-electron chi connectivity index (χ3n) is 4.80. The van der Waals surface area contributed by atoms with Crippen LogP contribution in [0.25, 0.3) is 11.5 Å². The molecule has 1 aliphatic heterocycles.